The molecule has 4 rings (SSSR count). The zero-order valence-corrected chi connectivity index (χ0v) is 13.8. The smallest absolute Gasteiger partial charge is 0.218 e. The molecule has 0 N–H and O–H groups in total. The number of ether oxygens (including phenoxy) is 1. The third-order valence-electron chi connectivity index (χ3n) is 4.78. The lowest BCUT2D eigenvalue weighted by Crippen LogP contribution is -2.46. The molecule has 24 heavy (non-hydrogen) atoms. The van der Waals surface area contributed by atoms with Crippen LogP contribution in [0.5, 0.6) is 5.88 Å². The number of rotatable bonds is 6. The number of nitrogens with zero attached hydrogens (tertiary/aromatic N) is 6. The maximum absolute atomic E-state index is 5.26. The van der Waals surface area contributed by atoms with Gasteiger partial charge in [0.1, 0.15) is 17.8 Å². The highest BCUT2D eigenvalue weighted by Gasteiger charge is 2.36. The molecule has 2 aliphatic rings. The number of hydrogen-bond acceptors (Lipinski definition) is 8. The van der Waals surface area contributed by atoms with E-state index in [1.807, 2.05) is 6.07 Å². The Bertz CT molecular complexity index is 652. The van der Waals surface area contributed by atoms with Gasteiger partial charge in [-0.1, -0.05) is 10.3 Å². The van der Waals surface area contributed by atoms with Gasteiger partial charge in [0.25, 0.3) is 0 Å². The van der Waals surface area contributed by atoms with Crippen LogP contribution in [-0.4, -0.2) is 57.5 Å². The van der Waals surface area contributed by atoms with Crippen LogP contribution < -0.4 is 9.64 Å². The van der Waals surface area contributed by atoms with Gasteiger partial charge in [-0.2, -0.15) is 0 Å². The first-order valence-electron chi connectivity index (χ1n) is 8.46. The molecule has 0 bridgehead atoms. The van der Waals surface area contributed by atoms with Gasteiger partial charge in [-0.05, 0) is 25.7 Å². The van der Waals surface area contributed by atoms with E-state index in [4.69, 9.17) is 4.74 Å². The summed E-state index contributed by atoms with van der Waals surface area (Å²) in [7, 11) is 1.64. The van der Waals surface area contributed by atoms with Crippen LogP contribution in [0, 0.1) is 0 Å². The first-order chi connectivity index (χ1) is 11.8. The Labute approximate surface area is 140 Å². The van der Waals surface area contributed by atoms with Gasteiger partial charge in [0.15, 0.2) is 0 Å². The van der Waals surface area contributed by atoms with Crippen LogP contribution in [0.3, 0.4) is 0 Å². The molecule has 1 saturated carbocycles. The second-order valence-electron chi connectivity index (χ2n) is 6.46. The predicted octanol–water partition coefficient (Wildman–Crippen LogP) is 1.50. The molecule has 1 aliphatic carbocycles. The first-order valence-corrected chi connectivity index (χ1v) is 8.46. The number of anilines is 1. The van der Waals surface area contributed by atoms with E-state index < -0.39 is 0 Å². The minimum Gasteiger partial charge on any atom is -0.481 e. The monoisotopic (exact) mass is 330 g/mol. The SMILES string of the molecule is COc1cc(N(C2CC2)C2CCN(Cc3cnon3)CC2)ncn1. The van der Waals surface area contributed by atoms with Crippen molar-refractivity contribution in [3.63, 3.8) is 0 Å². The van der Waals surface area contributed by atoms with Crippen molar-refractivity contribution in [3.8, 4) is 5.88 Å². The van der Waals surface area contributed by atoms with Crippen molar-refractivity contribution in [2.24, 2.45) is 0 Å². The first kappa shape index (κ1) is 15.3. The summed E-state index contributed by atoms with van der Waals surface area (Å²) in [6, 6.07) is 3.08. The molecule has 0 atom stereocenters. The van der Waals surface area contributed by atoms with Gasteiger partial charge in [-0.25, -0.2) is 14.6 Å². The maximum atomic E-state index is 5.26. The molecule has 2 fully saturated rings. The van der Waals surface area contributed by atoms with Gasteiger partial charge >= 0.3 is 0 Å². The summed E-state index contributed by atoms with van der Waals surface area (Å²) < 4.78 is 9.93. The summed E-state index contributed by atoms with van der Waals surface area (Å²) in [6.45, 7) is 2.90. The van der Waals surface area contributed by atoms with E-state index >= 15 is 0 Å². The molecule has 0 unspecified atom stereocenters. The van der Waals surface area contributed by atoms with Crippen LogP contribution in [0.15, 0.2) is 23.2 Å². The fraction of sp³-hybridized carbons (Fsp3) is 0.625. The molecular weight excluding hydrogens is 308 g/mol. The van der Waals surface area contributed by atoms with Gasteiger partial charge in [0.05, 0.1) is 13.3 Å². The second kappa shape index (κ2) is 6.72. The van der Waals surface area contributed by atoms with E-state index in [0.717, 1.165) is 44.0 Å². The van der Waals surface area contributed by atoms with E-state index in [1.54, 1.807) is 19.6 Å². The lowest BCUT2D eigenvalue weighted by atomic mass is 10.0. The highest BCUT2D eigenvalue weighted by molar-refractivity contribution is 5.45. The Kier molecular flexibility index (Phi) is 4.29. The highest BCUT2D eigenvalue weighted by atomic mass is 16.6. The summed E-state index contributed by atoms with van der Waals surface area (Å²) in [5.41, 5.74) is 0.896. The summed E-state index contributed by atoms with van der Waals surface area (Å²) in [5.74, 6) is 1.62. The van der Waals surface area contributed by atoms with Crippen LogP contribution in [0.4, 0.5) is 5.82 Å². The number of likely N-dealkylation sites (tertiary alicyclic amines) is 1. The fourth-order valence-corrected chi connectivity index (χ4v) is 3.45. The summed E-state index contributed by atoms with van der Waals surface area (Å²) in [6.07, 6.45) is 8.02. The summed E-state index contributed by atoms with van der Waals surface area (Å²) in [4.78, 5) is 13.5. The molecule has 3 heterocycles. The molecule has 8 heteroatoms. The van der Waals surface area contributed by atoms with Gasteiger partial charge in [-0.3, -0.25) is 4.90 Å². The van der Waals surface area contributed by atoms with Crippen LogP contribution in [0.2, 0.25) is 0 Å². The van der Waals surface area contributed by atoms with Crippen molar-refractivity contribution < 1.29 is 9.37 Å². The maximum Gasteiger partial charge on any atom is 0.218 e. The molecule has 0 amide bonds. The molecule has 1 saturated heterocycles. The molecule has 0 aromatic carbocycles. The van der Waals surface area contributed by atoms with Crippen LogP contribution >= 0.6 is 0 Å². The molecule has 0 radical (unpaired) electrons. The van der Waals surface area contributed by atoms with Crippen LogP contribution in [0.1, 0.15) is 31.4 Å². The minimum atomic E-state index is 0.517. The third kappa shape index (κ3) is 3.33. The van der Waals surface area contributed by atoms with Crippen LogP contribution in [-0.2, 0) is 6.54 Å². The van der Waals surface area contributed by atoms with Gasteiger partial charge < -0.3 is 9.64 Å². The average Bonchev–Trinajstić information content (AvgIpc) is 3.32. The summed E-state index contributed by atoms with van der Waals surface area (Å²) in [5, 5.41) is 7.57. The van der Waals surface area contributed by atoms with Gasteiger partial charge in [-0.15, -0.1) is 0 Å². The molecule has 2 aromatic rings. The van der Waals surface area contributed by atoms with Crippen molar-refractivity contribution in [2.75, 3.05) is 25.1 Å². The lowest BCUT2D eigenvalue weighted by Gasteiger charge is -2.39. The number of hydrogen-bond donors (Lipinski definition) is 0. The summed E-state index contributed by atoms with van der Waals surface area (Å²) >= 11 is 0. The van der Waals surface area contributed by atoms with E-state index in [2.05, 4.69) is 34.7 Å². The zero-order chi connectivity index (χ0) is 16.4. The quantitative estimate of drug-likeness (QED) is 0.788. The van der Waals surface area contributed by atoms with E-state index in [0.29, 0.717) is 18.0 Å². The molecule has 128 valence electrons. The standard InChI is InChI=1S/C16H22N6O2/c1-23-16-8-15(17-11-18-16)22(13-2-3-13)14-4-6-21(7-5-14)10-12-9-19-24-20-12/h8-9,11,13-14H,2-7,10H2,1H3. The topological polar surface area (TPSA) is 80.4 Å². The van der Waals surface area contributed by atoms with E-state index in [1.165, 1.54) is 12.8 Å². The highest BCUT2D eigenvalue weighted by Crippen LogP contribution is 2.36. The van der Waals surface area contributed by atoms with Crippen molar-refractivity contribution in [3.05, 3.63) is 24.3 Å². The van der Waals surface area contributed by atoms with Crippen molar-refractivity contribution in [2.45, 2.75) is 44.3 Å². The van der Waals surface area contributed by atoms with Crippen molar-refractivity contribution >= 4 is 5.82 Å². The lowest BCUT2D eigenvalue weighted by molar-refractivity contribution is 0.194. The second-order valence-corrected chi connectivity index (χ2v) is 6.46. The Hall–Kier alpha value is -2.22. The molecular formula is C16H22N6O2. The van der Waals surface area contributed by atoms with Gasteiger partial charge in [0.2, 0.25) is 5.88 Å². The number of aromatic nitrogens is 4. The number of methoxy groups -OCH3 is 1. The van der Waals surface area contributed by atoms with Crippen LogP contribution in [0.25, 0.3) is 0 Å². The van der Waals surface area contributed by atoms with Crippen molar-refractivity contribution in [1.82, 2.24) is 25.2 Å². The average molecular weight is 330 g/mol. The van der Waals surface area contributed by atoms with Gasteiger partial charge in [0, 0.05) is 37.8 Å². The normalized spacial score (nSPS) is 19.4. The molecule has 1 aliphatic heterocycles. The number of piperidine rings is 1. The fourth-order valence-electron chi connectivity index (χ4n) is 3.45. The Morgan fingerprint density at radius 3 is 2.67 bits per heavy atom. The predicted molar refractivity (Wildman–Crippen MR) is 86.7 cm³/mol. The minimum absolute atomic E-state index is 0.517. The Morgan fingerprint density at radius 2 is 2.00 bits per heavy atom. The Morgan fingerprint density at radius 1 is 1.21 bits per heavy atom. The van der Waals surface area contributed by atoms with Crippen molar-refractivity contribution in [1.29, 1.82) is 0 Å². The van der Waals surface area contributed by atoms with E-state index in [-0.39, 0.29) is 0 Å². The molecule has 8 nitrogen and oxygen atoms in total. The molecule has 2 aromatic heterocycles. The van der Waals surface area contributed by atoms with E-state index in [9.17, 15) is 0 Å². The largest absolute Gasteiger partial charge is 0.481 e. The zero-order valence-electron chi connectivity index (χ0n) is 13.8. The molecule has 0 spiro atoms. The Balaban J connectivity index is 1.42. The third-order valence-corrected chi connectivity index (χ3v) is 4.78.